The van der Waals surface area contributed by atoms with Crippen LogP contribution in [0.15, 0.2) is 47.1 Å². The second kappa shape index (κ2) is 7.11. The van der Waals surface area contributed by atoms with Crippen molar-refractivity contribution in [3.8, 4) is 11.5 Å². The van der Waals surface area contributed by atoms with Gasteiger partial charge in [-0.3, -0.25) is 4.98 Å². The molecule has 0 radical (unpaired) electrons. The lowest BCUT2D eigenvalue weighted by Gasteiger charge is -2.08. The zero-order valence-electron chi connectivity index (χ0n) is 10.4. The number of aromatic nitrogens is 1. The molecule has 0 fully saturated rings. The lowest BCUT2D eigenvalue weighted by atomic mass is 10.3. The lowest BCUT2D eigenvalue weighted by Crippen LogP contribution is -2.09. The number of hydrogen-bond acceptors (Lipinski definition) is 4. The topological polar surface area (TPSA) is 57.4 Å². The van der Waals surface area contributed by atoms with Gasteiger partial charge in [0.15, 0.2) is 0 Å². The Morgan fingerprint density at radius 3 is 2.16 bits per heavy atom. The SMILES string of the molecule is NCc1ccc(OCCOc2ccc(Br)cc2)cn1. The van der Waals surface area contributed by atoms with Gasteiger partial charge in [0.25, 0.3) is 0 Å². The molecule has 0 bridgehead atoms. The minimum Gasteiger partial charge on any atom is -0.490 e. The van der Waals surface area contributed by atoms with Gasteiger partial charge in [0.05, 0.1) is 11.9 Å². The number of nitrogens with two attached hydrogens (primary N) is 1. The number of rotatable bonds is 6. The van der Waals surface area contributed by atoms with Gasteiger partial charge >= 0.3 is 0 Å². The van der Waals surface area contributed by atoms with E-state index in [0.717, 1.165) is 21.7 Å². The molecule has 5 heteroatoms. The molecule has 2 rings (SSSR count). The number of benzene rings is 1. The molecule has 100 valence electrons. The molecule has 2 N–H and O–H groups in total. The van der Waals surface area contributed by atoms with Crippen molar-refractivity contribution in [2.45, 2.75) is 6.54 Å². The highest BCUT2D eigenvalue weighted by Gasteiger charge is 1.97. The van der Waals surface area contributed by atoms with Crippen LogP contribution in [0.2, 0.25) is 0 Å². The van der Waals surface area contributed by atoms with Crippen LogP contribution in [-0.4, -0.2) is 18.2 Å². The van der Waals surface area contributed by atoms with Crippen LogP contribution in [0.5, 0.6) is 11.5 Å². The van der Waals surface area contributed by atoms with Crippen LogP contribution in [-0.2, 0) is 6.54 Å². The second-order valence-corrected chi connectivity index (χ2v) is 4.76. The second-order valence-electron chi connectivity index (χ2n) is 3.84. The summed E-state index contributed by atoms with van der Waals surface area (Å²) < 4.78 is 12.1. The third kappa shape index (κ3) is 4.54. The van der Waals surface area contributed by atoms with Crippen LogP contribution >= 0.6 is 15.9 Å². The Hall–Kier alpha value is -1.59. The standard InChI is InChI=1S/C14H15BrN2O2/c15-11-1-4-13(5-2-11)18-7-8-19-14-6-3-12(9-16)17-10-14/h1-6,10H,7-9,16H2. The van der Waals surface area contributed by atoms with E-state index in [2.05, 4.69) is 20.9 Å². The van der Waals surface area contributed by atoms with Gasteiger partial charge in [-0.05, 0) is 36.4 Å². The molecule has 0 saturated carbocycles. The van der Waals surface area contributed by atoms with Crippen molar-refractivity contribution in [1.29, 1.82) is 0 Å². The number of pyridine rings is 1. The number of halogens is 1. The normalized spacial score (nSPS) is 10.2. The first-order chi connectivity index (χ1) is 9.28. The summed E-state index contributed by atoms with van der Waals surface area (Å²) in [7, 11) is 0. The third-order valence-corrected chi connectivity index (χ3v) is 2.97. The fourth-order valence-corrected chi connectivity index (χ4v) is 1.73. The zero-order chi connectivity index (χ0) is 13.5. The molecule has 0 unspecified atom stereocenters. The summed E-state index contributed by atoms with van der Waals surface area (Å²) in [5.74, 6) is 1.54. The van der Waals surface area contributed by atoms with Gasteiger partial charge < -0.3 is 15.2 Å². The van der Waals surface area contributed by atoms with Gasteiger partial charge in [-0.25, -0.2) is 0 Å². The van der Waals surface area contributed by atoms with Crippen LogP contribution in [0.3, 0.4) is 0 Å². The largest absolute Gasteiger partial charge is 0.490 e. The highest BCUT2D eigenvalue weighted by Crippen LogP contribution is 2.16. The fourth-order valence-electron chi connectivity index (χ4n) is 1.47. The van der Waals surface area contributed by atoms with Crippen molar-refractivity contribution >= 4 is 15.9 Å². The summed E-state index contributed by atoms with van der Waals surface area (Å²) in [5, 5.41) is 0. The molecule has 19 heavy (non-hydrogen) atoms. The predicted molar refractivity (Wildman–Crippen MR) is 77.3 cm³/mol. The zero-order valence-corrected chi connectivity index (χ0v) is 12.0. The molecule has 1 heterocycles. The van der Waals surface area contributed by atoms with Crippen molar-refractivity contribution in [1.82, 2.24) is 4.98 Å². The van der Waals surface area contributed by atoms with E-state index >= 15 is 0 Å². The third-order valence-electron chi connectivity index (χ3n) is 2.44. The van der Waals surface area contributed by atoms with Gasteiger partial charge in [0.2, 0.25) is 0 Å². The molecule has 0 aliphatic rings. The van der Waals surface area contributed by atoms with Crippen molar-refractivity contribution in [2.75, 3.05) is 13.2 Å². The van der Waals surface area contributed by atoms with E-state index in [0.29, 0.717) is 19.8 Å². The first-order valence-electron chi connectivity index (χ1n) is 5.94. The quantitative estimate of drug-likeness (QED) is 0.831. The highest BCUT2D eigenvalue weighted by atomic mass is 79.9. The average molecular weight is 323 g/mol. The summed E-state index contributed by atoms with van der Waals surface area (Å²) in [6.07, 6.45) is 1.67. The van der Waals surface area contributed by atoms with Gasteiger partial charge in [-0.1, -0.05) is 15.9 Å². The molecule has 0 aliphatic carbocycles. The van der Waals surface area contributed by atoms with E-state index in [1.807, 2.05) is 36.4 Å². The number of nitrogens with zero attached hydrogens (tertiary/aromatic N) is 1. The summed E-state index contributed by atoms with van der Waals surface area (Å²) in [4.78, 5) is 4.15. The highest BCUT2D eigenvalue weighted by molar-refractivity contribution is 9.10. The molecule has 1 aromatic heterocycles. The molecule has 0 aliphatic heterocycles. The minimum absolute atomic E-state index is 0.437. The van der Waals surface area contributed by atoms with Crippen LogP contribution in [0.25, 0.3) is 0 Å². The van der Waals surface area contributed by atoms with Crippen LogP contribution in [0, 0.1) is 0 Å². The van der Waals surface area contributed by atoms with Crippen molar-refractivity contribution < 1.29 is 9.47 Å². The van der Waals surface area contributed by atoms with Gasteiger partial charge in [-0.2, -0.15) is 0 Å². The first kappa shape index (κ1) is 13.8. The van der Waals surface area contributed by atoms with Gasteiger partial charge in [0, 0.05) is 11.0 Å². The van der Waals surface area contributed by atoms with Crippen molar-refractivity contribution in [3.05, 3.63) is 52.8 Å². The van der Waals surface area contributed by atoms with Crippen LogP contribution in [0.1, 0.15) is 5.69 Å². The number of ether oxygens (including phenoxy) is 2. The van der Waals surface area contributed by atoms with E-state index in [-0.39, 0.29) is 0 Å². The van der Waals surface area contributed by atoms with E-state index < -0.39 is 0 Å². The average Bonchev–Trinajstić information content (AvgIpc) is 2.46. The Kier molecular flexibility index (Phi) is 5.18. The molecule has 0 saturated heterocycles. The molecule has 0 amide bonds. The first-order valence-corrected chi connectivity index (χ1v) is 6.73. The summed E-state index contributed by atoms with van der Waals surface area (Å²) in [6.45, 7) is 1.40. The molecule has 0 spiro atoms. The maximum Gasteiger partial charge on any atom is 0.137 e. The Morgan fingerprint density at radius 2 is 1.58 bits per heavy atom. The molecular formula is C14H15BrN2O2. The predicted octanol–water partition coefficient (Wildman–Crippen LogP) is 2.76. The van der Waals surface area contributed by atoms with Crippen molar-refractivity contribution in [2.24, 2.45) is 5.73 Å². The molecule has 1 aromatic carbocycles. The molecule has 4 nitrogen and oxygen atoms in total. The van der Waals surface area contributed by atoms with Crippen molar-refractivity contribution in [3.63, 3.8) is 0 Å². The molecule has 0 atom stereocenters. The Morgan fingerprint density at radius 1 is 0.947 bits per heavy atom. The Labute approximate surface area is 120 Å². The van der Waals surface area contributed by atoms with E-state index in [1.54, 1.807) is 6.20 Å². The minimum atomic E-state index is 0.437. The maximum absolute atomic E-state index is 5.54. The molecular weight excluding hydrogens is 308 g/mol. The summed E-state index contributed by atoms with van der Waals surface area (Å²) >= 11 is 3.37. The maximum atomic E-state index is 5.54. The van der Waals surface area contributed by atoms with E-state index in [9.17, 15) is 0 Å². The molecule has 2 aromatic rings. The fraction of sp³-hybridized carbons (Fsp3) is 0.214. The van der Waals surface area contributed by atoms with Gasteiger partial charge in [0.1, 0.15) is 24.7 Å². The summed E-state index contributed by atoms with van der Waals surface area (Å²) in [6, 6.07) is 11.4. The van der Waals surface area contributed by atoms with E-state index in [1.165, 1.54) is 0 Å². The van der Waals surface area contributed by atoms with Crippen LogP contribution < -0.4 is 15.2 Å². The lowest BCUT2D eigenvalue weighted by molar-refractivity contribution is 0.216. The van der Waals surface area contributed by atoms with Crippen LogP contribution in [0.4, 0.5) is 0 Å². The number of hydrogen-bond donors (Lipinski definition) is 1. The van der Waals surface area contributed by atoms with E-state index in [4.69, 9.17) is 15.2 Å². The monoisotopic (exact) mass is 322 g/mol. The Bertz CT molecular complexity index is 500. The van der Waals surface area contributed by atoms with Gasteiger partial charge in [-0.15, -0.1) is 0 Å². The summed E-state index contributed by atoms with van der Waals surface area (Å²) in [5.41, 5.74) is 6.32. The Balaban J connectivity index is 1.72. The smallest absolute Gasteiger partial charge is 0.137 e.